The first-order valence-electron chi connectivity index (χ1n) is 6.17. The van der Waals surface area contributed by atoms with E-state index in [4.69, 9.17) is 4.42 Å². The van der Waals surface area contributed by atoms with Crippen molar-refractivity contribution in [2.75, 3.05) is 0 Å². The Morgan fingerprint density at radius 2 is 2.11 bits per heavy atom. The van der Waals surface area contributed by atoms with Crippen LogP contribution in [0, 0.1) is 13.8 Å². The number of aromatic amines is 1. The minimum absolute atomic E-state index is 0.187. The van der Waals surface area contributed by atoms with Crippen molar-refractivity contribution in [3.05, 3.63) is 63.3 Å². The summed E-state index contributed by atoms with van der Waals surface area (Å²) in [5.74, 6) is 0.847. The first kappa shape index (κ1) is 11.7. The molecule has 1 aromatic carbocycles. The number of aryl methyl sites for hydroxylation is 2. The highest BCUT2D eigenvalue weighted by Gasteiger charge is 2.09. The van der Waals surface area contributed by atoms with Crippen molar-refractivity contribution in [2.45, 2.75) is 20.3 Å². The second kappa shape index (κ2) is 4.39. The molecule has 0 saturated carbocycles. The molecular formula is C15H14N2O2. The fourth-order valence-corrected chi connectivity index (χ4v) is 2.22. The average molecular weight is 254 g/mol. The normalized spacial score (nSPS) is 11.1. The van der Waals surface area contributed by atoms with Gasteiger partial charge in [0.1, 0.15) is 11.3 Å². The van der Waals surface area contributed by atoms with E-state index >= 15 is 0 Å². The van der Waals surface area contributed by atoms with E-state index in [0.29, 0.717) is 6.42 Å². The summed E-state index contributed by atoms with van der Waals surface area (Å²) < 4.78 is 5.86. The van der Waals surface area contributed by atoms with Gasteiger partial charge >= 0.3 is 0 Å². The number of rotatable bonds is 2. The van der Waals surface area contributed by atoms with Gasteiger partial charge in [-0.1, -0.05) is 18.2 Å². The number of hydrogen-bond acceptors (Lipinski definition) is 3. The van der Waals surface area contributed by atoms with E-state index in [0.717, 1.165) is 33.6 Å². The average Bonchev–Trinajstić information content (AvgIpc) is 2.78. The standard InChI is InChI=1S/C15H14N2O2/c1-9-4-3-5-11-6-13(19-15(9)11)7-12-8-14(18)17-16-10(12)2/h3-6,8H,7H2,1-2H3,(H,17,18). The van der Waals surface area contributed by atoms with Crippen molar-refractivity contribution < 1.29 is 4.42 Å². The minimum Gasteiger partial charge on any atom is -0.460 e. The molecule has 3 aromatic rings. The van der Waals surface area contributed by atoms with Crippen molar-refractivity contribution in [3.63, 3.8) is 0 Å². The summed E-state index contributed by atoms with van der Waals surface area (Å²) >= 11 is 0. The summed E-state index contributed by atoms with van der Waals surface area (Å²) in [6, 6.07) is 9.65. The number of H-pyrrole nitrogens is 1. The van der Waals surface area contributed by atoms with Gasteiger partial charge in [0.2, 0.25) is 0 Å². The number of aromatic nitrogens is 2. The number of para-hydroxylation sites is 1. The van der Waals surface area contributed by atoms with Crippen LogP contribution >= 0.6 is 0 Å². The van der Waals surface area contributed by atoms with E-state index < -0.39 is 0 Å². The summed E-state index contributed by atoms with van der Waals surface area (Å²) in [7, 11) is 0. The van der Waals surface area contributed by atoms with E-state index in [1.54, 1.807) is 6.07 Å². The van der Waals surface area contributed by atoms with Crippen LogP contribution in [0.2, 0.25) is 0 Å². The summed E-state index contributed by atoms with van der Waals surface area (Å²) in [5, 5.41) is 7.48. The van der Waals surface area contributed by atoms with Crippen LogP contribution in [0.4, 0.5) is 0 Å². The van der Waals surface area contributed by atoms with E-state index in [-0.39, 0.29) is 5.56 Å². The lowest BCUT2D eigenvalue weighted by molar-refractivity contribution is 0.559. The van der Waals surface area contributed by atoms with Gasteiger partial charge in [0, 0.05) is 17.9 Å². The molecule has 96 valence electrons. The second-order valence-electron chi connectivity index (χ2n) is 4.73. The van der Waals surface area contributed by atoms with Crippen LogP contribution in [0.25, 0.3) is 11.0 Å². The maximum absolute atomic E-state index is 11.3. The Bertz CT molecular complexity index is 799. The molecule has 0 fully saturated rings. The van der Waals surface area contributed by atoms with Gasteiger partial charge < -0.3 is 4.42 Å². The lowest BCUT2D eigenvalue weighted by Gasteiger charge is -2.00. The number of nitrogens with one attached hydrogen (secondary N) is 1. The molecule has 4 heteroatoms. The Kier molecular flexibility index (Phi) is 2.71. The van der Waals surface area contributed by atoms with Crippen molar-refractivity contribution in [2.24, 2.45) is 0 Å². The highest BCUT2D eigenvalue weighted by Crippen LogP contribution is 2.24. The molecule has 2 aromatic heterocycles. The fraction of sp³-hybridized carbons (Fsp3) is 0.200. The highest BCUT2D eigenvalue weighted by atomic mass is 16.3. The number of benzene rings is 1. The van der Waals surface area contributed by atoms with Crippen molar-refractivity contribution >= 4 is 11.0 Å². The van der Waals surface area contributed by atoms with E-state index in [1.807, 2.05) is 38.1 Å². The molecule has 2 heterocycles. The lowest BCUT2D eigenvalue weighted by Crippen LogP contribution is -2.10. The number of nitrogens with zero attached hydrogens (tertiary/aromatic N) is 1. The molecule has 19 heavy (non-hydrogen) atoms. The zero-order valence-corrected chi connectivity index (χ0v) is 10.9. The zero-order chi connectivity index (χ0) is 13.4. The quantitative estimate of drug-likeness (QED) is 0.765. The van der Waals surface area contributed by atoms with Gasteiger partial charge in [0.15, 0.2) is 0 Å². The van der Waals surface area contributed by atoms with Crippen LogP contribution in [-0.4, -0.2) is 10.2 Å². The van der Waals surface area contributed by atoms with Gasteiger partial charge in [-0.05, 0) is 31.0 Å². The highest BCUT2D eigenvalue weighted by molar-refractivity contribution is 5.80. The summed E-state index contributed by atoms with van der Waals surface area (Å²) in [6.45, 7) is 3.90. The topological polar surface area (TPSA) is 58.9 Å². The Balaban J connectivity index is 2.04. The Morgan fingerprint density at radius 3 is 2.89 bits per heavy atom. The van der Waals surface area contributed by atoms with Crippen LogP contribution in [0.5, 0.6) is 0 Å². The van der Waals surface area contributed by atoms with Crippen LogP contribution in [0.3, 0.4) is 0 Å². The molecule has 0 saturated heterocycles. The smallest absolute Gasteiger partial charge is 0.264 e. The molecule has 0 aliphatic rings. The maximum atomic E-state index is 11.3. The molecular weight excluding hydrogens is 240 g/mol. The molecule has 0 radical (unpaired) electrons. The molecule has 0 bridgehead atoms. The third-order valence-electron chi connectivity index (χ3n) is 3.26. The molecule has 3 rings (SSSR count). The number of furan rings is 1. The Morgan fingerprint density at radius 1 is 1.26 bits per heavy atom. The van der Waals surface area contributed by atoms with E-state index in [1.165, 1.54) is 0 Å². The SMILES string of the molecule is Cc1n[nH]c(=O)cc1Cc1cc2cccc(C)c2o1. The Labute approximate surface area is 110 Å². The van der Waals surface area contributed by atoms with Crippen molar-refractivity contribution in [3.8, 4) is 0 Å². The molecule has 0 aliphatic carbocycles. The number of fused-ring (bicyclic) bond motifs is 1. The van der Waals surface area contributed by atoms with Gasteiger partial charge in [-0.3, -0.25) is 4.79 Å². The first-order valence-corrected chi connectivity index (χ1v) is 6.17. The monoisotopic (exact) mass is 254 g/mol. The second-order valence-corrected chi connectivity index (χ2v) is 4.73. The number of hydrogen-bond donors (Lipinski definition) is 1. The Hall–Kier alpha value is -2.36. The molecule has 0 spiro atoms. The van der Waals surface area contributed by atoms with Crippen LogP contribution < -0.4 is 5.56 Å². The van der Waals surface area contributed by atoms with Gasteiger partial charge in [-0.2, -0.15) is 5.10 Å². The van der Waals surface area contributed by atoms with Gasteiger partial charge in [-0.25, -0.2) is 5.10 Å². The summed E-state index contributed by atoms with van der Waals surface area (Å²) in [6.07, 6.45) is 0.580. The van der Waals surface area contributed by atoms with E-state index in [9.17, 15) is 4.79 Å². The molecule has 0 unspecified atom stereocenters. The summed E-state index contributed by atoms with van der Waals surface area (Å²) in [5.41, 5.74) is 3.54. The van der Waals surface area contributed by atoms with Crippen LogP contribution in [0.15, 0.2) is 39.5 Å². The molecule has 4 nitrogen and oxygen atoms in total. The third-order valence-corrected chi connectivity index (χ3v) is 3.26. The van der Waals surface area contributed by atoms with Gasteiger partial charge in [0.25, 0.3) is 5.56 Å². The summed E-state index contributed by atoms with van der Waals surface area (Å²) in [4.78, 5) is 11.3. The zero-order valence-electron chi connectivity index (χ0n) is 10.9. The largest absolute Gasteiger partial charge is 0.460 e. The minimum atomic E-state index is -0.187. The third kappa shape index (κ3) is 2.17. The van der Waals surface area contributed by atoms with Gasteiger partial charge in [0.05, 0.1) is 5.69 Å². The molecule has 0 aliphatic heterocycles. The molecule has 0 atom stereocenters. The first-order chi connectivity index (χ1) is 9.13. The predicted octanol–water partition coefficient (Wildman–Crippen LogP) is 2.72. The molecule has 1 N–H and O–H groups in total. The predicted molar refractivity (Wildman–Crippen MR) is 73.4 cm³/mol. The van der Waals surface area contributed by atoms with Crippen molar-refractivity contribution in [1.29, 1.82) is 0 Å². The molecule has 0 amide bonds. The maximum Gasteiger partial charge on any atom is 0.264 e. The van der Waals surface area contributed by atoms with Crippen LogP contribution in [-0.2, 0) is 6.42 Å². The van der Waals surface area contributed by atoms with Crippen molar-refractivity contribution in [1.82, 2.24) is 10.2 Å². The van der Waals surface area contributed by atoms with Gasteiger partial charge in [-0.15, -0.1) is 0 Å². The fourth-order valence-electron chi connectivity index (χ4n) is 2.22. The van der Waals surface area contributed by atoms with E-state index in [2.05, 4.69) is 10.2 Å². The van der Waals surface area contributed by atoms with Crippen LogP contribution in [0.1, 0.15) is 22.6 Å². The lowest BCUT2D eigenvalue weighted by atomic mass is 10.1.